The van der Waals surface area contributed by atoms with E-state index in [0.717, 1.165) is 5.56 Å². The van der Waals surface area contributed by atoms with Crippen LogP contribution >= 0.6 is 11.6 Å². The lowest BCUT2D eigenvalue weighted by Crippen LogP contribution is -2.25. The van der Waals surface area contributed by atoms with Gasteiger partial charge in [-0.05, 0) is 30.7 Å². The third-order valence-electron chi connectivity index (χ3n) is 3.20. The van der Waals surface area contributed by atoms with Crippen molar-refractivity contribution in [2.75, 3.05) is 12.3 Å². The van der Waals surface area contributed by atoms with Crippen LogP contribution in [0.15, 0.2) is 34.9 Å². The van der Waals surface area contributed by atoms with E-state index in [4.69, 9.17) is 16.0 Å². The monoisotopic (exact) mass is 312 g/mol. The van der Waals surface area contributed by atoms with Crippen LogP contribution in [-0.4, -0.2) is 30.0 Å². The summed E-state index contributed by atoms with van der Waals surface area (Å²) in [6.45, 7) is 0.719. The Morgan fingerprint density at radius 2 is 2.05 bits per heavy atom. The molecular weight excluding hydrogens is 300 g/mol. The summed E-state index contributed by atoms with van der Waals surface area (Å²) in [5, 5.41) is 0.650. The second kappa shape index (κ2) is 5.20. The predicted molar refractivity (Wildman–Crippen MR) is 75.8 cm³/mol. The topological polar surface area (TPSA) is 63.4 Å². The first-order valence-electron chi connectivity index (χ1n) is 6.23. The van der Waals surface area contributed by atoms with Crippen molar-refractivity contribution in [2.45, 2.75) is 13.0 Å². The molecule has 1 aliphatic rings. The summed E-state index contributed by atoms with van der Waals surface area (Å²) in [5.41, 5.74) is 0.859. The molecule has 2 heterocycles. The number of benzene rings is 1. The summed E-state index contributed by atoms with van der Waals surface area (Å²) in [5.74, 6) is 1.21. The molecule has 1 aromatic heterocycles. The molecule has 1 aliphatic heterocycles. The van der Waals surface area contributed by atoms with Gasteiger partial charge in [0.25, 0.3) is 0 Å². The van der Waals surface area contributed by atoms with Crippen molar-refractivity contribution in [3.8, 4) is 11.3 Å². The first kappa shape index (κ1) is 13.6. The fourth-order valence-corrected chi connectivity index (χ4v) is 3.74. The number of hydrogen-bond donors (Lipinski definition) is 0. The minimum atomic E-state index is -3.13. The van der Waals surface area contributed by atoms with Gasteiger partial charge < -0.3 is 4.42 Å². The second-order valence-electron chi connectivity index (χ2n) is 4.63. The number of hydrogen-bond acceptors (Lipinski definition) is 4. The van der Waals surface area contributed by atoms with Crippen LogP contribution in [0.3, 0.4) is 0 Å². The molecule has 0 radical (unpaired) electrons. The van der Waals surface area contributed by atoms with Crippen molar-refractivity contribution in [1.82, 2.24) is 9.29 Å². The fourth-order valence-electron chi connectivity index (χ4n) is 2.15. The van der Waals surface area contributed by atoms with Crippen molar-refractivity contribution in [3.63, 3.8) is 0 Å². The standard InChI is InChI=1S/C13H13ClN2O3S/c14-11-4-2-10(3-5-11)12-8-15-13(19-12)9-16-6-1-7-20(16,17)18/h2-5,8H,1,6-7,9H2. The van der Waals surface area contributed by atoms with Gasteiger partial charge in [-0.15, -0.1) is 0 Å². The maximum atomic E-state index is 11.7. The van der Waals surface area contributed by atoms with Gasteiger partial charge in [0.15, 0.2) is 5.76 Å². The Kier molecular flexibility index (Phi) is 3.54. The lowest BCUT2D eigenvalue weighted by molar-refractivity contribution is 0.379. The number of aromatic nitrogens is 1. The number of oxazole rings is 1. The second-order valence-corrected chi connectivity index (χ2v) is 7.15. The Balaban J connectivity index is 1.79. The summed E-state index contributed by atoms with van der Waals surface area (Å²) < 4.78 is 30.5. The summed E-state index contributed by atoms with van der Waals surface area (Å²) >= 11 is 5.83. The molecule has 3 rings (SSSR count). The van der Waals surface area contributed by atoms with Crippen molar-refractivity contribution in [1.29, 1.82) is 0 Å². The number of sulfonamides is 1. The van der Waals surface area contributed by atoms with Crippen molar-refractivity contribution < 1.29 is 12.8 Å². The molecule has 0 amide bonds. The first-order valence-corrected chi connectivity index (χ1v) is 8.22. The highest BCUT2D eigenvalue weighted by Crippen LogP contribution is 2.24. The summed E-state index contributed by atoms with van der Waals surface area (Å²) in [6, 6.07) is 7.20. The summed E-state index contributed by atoms with van der Waals surface area (Å²) in [6.07, 6.45) is 2.26. The van der Waals surface area contributed by atoms with Gasteiger partial charge >= 0.3 is 0 Å². The molecule has 1 fully saturated rings. The van der Waals surface area contributed by atoms with E-state index in [2.05, 4.69) is 4.98 Å². The van der Waals surface area contributed by atoms with Crippen LogP contribution in [0.25, 0.3) is 11.3 Å². The number of rotatable bonds is 3. The normalized spacial score (nSPS) is 18.4. The summed E-state index contributed by atoms with van der Waals surface area (Å²) in [4.78, 5) is 4.14. The Morgan fingerprint density at radius 1 is 1.30 bits per heavy atom. The van der Waals surface area contributed by atoms with E-state index in [1.165, 1.54) is 4.31 Å². The number of nitrogens with zero attached hydrogens (tertiary/aromatic N) is 2. The van der Waals surface area contributed by atoms with Gasteiger partial charge in [-0.2, -0.15) is 4.31 Å². The lowest BCUT2D eigenvalue weighted by atomic mass is 10.2. The highest BCUT2D eigenvalue weighted by Gasteiger charge is 2.29. The minimum absolute atomic E-state index is 0.190. The fraction of sp³-hybridized carbons (Fsp3) is 0.308. The largest absolute Gasteiger partial charge is 0.439 e. The molecule has 0 unspecified atom stereocenters. The molecule has 0 atom stereocenters. The van der Waals surface area contributed by atoms with Gasteiger partial charge in [-0.25, -0.2) is 13.4 Å². The van der Waals surface area contributed by atoms with Gasteiger partial charge in [0, 0.05) is 17.1 Å². The van der Waals surface area contributed by atoms with Crippen LogP contribution in [0.5, 0.6) is 0 Å². The van der Waals surface area contributed by atoms with E-state index in [1.807, 2.05) is 12.1 Å². The highest BCUT2D eigenvalue weighted by atomic mass is 35.5. The van der Waals surface area contributed by atoms with Gasteiger partial charge in [0.1, 0.15) is 0 Å². The summed E-state index contributed by atoms with van der Waals surface area (Å²) in [7, 11) is -3.13. The first-order chi connectivity index (χ1) is 9.54. The molecule has 7 heteroatoms. The van der Waals surface area contributed by atoms with Crippen LogP contribution in [0.4, 0.5) is 0 Å². The molecule has 0 spiro atoms. The Morgan fingerprint density at radius 3 is 2.70 bits per heavy atom. The maximum absolute atomic E-state index is 11.7. The SMILES string of the molecule is O=S1(=O)CCCN1Cc1ncc(-c2ccc(Cl)cc2)o1. The smallest absolute Gasteiger partial charge is 0.214 e. The molecule has 0 aliphatic carbocycles. The van der Waals surface area contributed by atoms with Crippen molar-refractivity contribution in [2.24, 2.45) is 0 Å². The van der Waals surface area contributed by atoms with E-state index >= 15 is 0 Å². The van der Waals surface area contributed by atoms with E-state index < -0.39 is 10.0 Å². The molecule has 20 heavy (non-hydrogen) atoms. The lowest BCUT2D eigenvalue weighted by Gasteiger charge is -2.10. The molecular formula is C13H13ClN2O3S. The Bertz CT molecular complexity index is 709. The minimum Gasteiger partial charge on any atom is -0.439 e. The quantitative estimate of drug-likeness (QED) is 0.873. The molecule has 0 bridgehead atoms. The van der Waals surface area contributed by atoms with E-state index in [9.17, 15) is 8.42 Å². The van der Waals surface area contributed by atoms with Gasteiger partial charge in [-0.1, -0.05) is 11.6 Å². The zero-order chi connectivity index (χ0) is 14.2. The van der Waals surface area contributed by atoms with Gasteiger partial charge in [0.05, 0.1) is 18.5 Å². The Labute approximate surface area is 122 Å². The van der Waals surface area contributed by atoms with Crippen LogP contribution < -0.4 is 0 Å². The van der Waals surface area contributed by atoms with E-state index in [1.54, 1.807) is 18.3 Å². The van der Waals surface area contributed by atoms with Gasteiger partial charge in [0.2, 0.25) is 15.9 Å². The molecule has 106 valence electrons. The zero-order valence-corrected chi connectivity index (χ0v) is 12.2. The average molecular weight is 313 g/mol. The Hall–Kier alpha value is -1.37. The van der Waals surface area contributed by atoms with Crippen LogP contribution in [0.1, 0.15) is 12.3 Å². The van der Waals surface area contributed by atoms with Crippen molar-refractivity contribution >= 4 is 21.6 Å². The molecule has 1 saturated heterocycles. The number of halogens is 1. The maximum Gasteiger partial charge on any atom is 0.214 e. The molecule has 0 saturated carbocycles. The van der Waals surface area contributed by atoms with E-state index in [0.29, 0.717) is 29.6 Å². The third kappa shape index (κ3) is 2.72. The molecule has 2 aromatic rings. The highest BCUT2D eigenvalue weighted by molar-refractivity contribution is 7.89. The van der Waals surface area contributed by atoms with Gasteiger partial charge in [-0.3, -0.25) is 0 Å². The molecule has 5 nitrogen and oxygen atoms in total. The third-order valence-corrected chi connectivity index (χ3v) is 5.35. The molecule has 1 aromatic carbocycles. The zero-order valence-electron chi connectivity index (χ0n) is 10.6. The molecule has 0 N–H and O–H groups in total. The predicted octanol–water partition coefficient (Wildman–Crippen LogP) is 2.53. The van der Waals surface area contributed by atoms with Crippen LogP contribution in [0.2, 0.25) is 5.02 Å². The average Bonchev–Trinajstić information content (AvgIpc) is 2.99. The van der Waals surface area contributed by atoms with Crippen LogP contribution in [0, 0.1) is 0 Å². The van der Waals surface area contributed by atoms with Crippen LogP contribution in [-0.2, 0) is 16.6 Å². The van der Waals surface area contributed by atoms with Crippen molar-refractivity contribution in [3.05, 3.63) is 41.4 Å². The van der Waals surface area contributed by atoms with E-state index in [-0.39, 0.29) is 12.3 Å².